The first-order chi connectivity index (χ1) is 13.4. The minimum absolute atomic E-state index is 0.0528. The number of nitrogens with zero attached hydrogens (tertiary/aromatic N) is 2. The van der Waals surface area contributed by atoms with Gasteiger partial charge in [-0.1, -0.05) is 25.7 Å². The zero-order valence-corrected chi connectivity index (χ0v) is 16.9. The van der Waals surface area contributed by atoms with E-state index in [1.807, 2.05) is 0 Å². The highest BCUT2D eigenvalue weighted by atomic mass is 32.2. The molecule has 2 fully saturated rings. The molecule has 0 spiro atoms. The first-order valence-corrected chi connectivity index (χ1v) is 11.5. The third kappa shape index (κ3) is 4.82. The molecule has 9 heteroatoms. The van der Waals surface area contributed by atoms with Crippen molar-refractivity contribution in [1.82, 2.24) is 4.31 Å². The number of aliphatic hydroxyl groups is 1. The number of hydrogen-bond donors (Lipinski definition) is 2. The molecule has 156 valence electrons. The average molecular weight is 412 g/mol. The molecule has 1 aliphatic heterocycles. The van der Waals surface area contributed by atoms with E-state index in [-0.39, 0.29) is 28.7 Å². The molecule has 8 nitrogen and oxygen atoms in total. The Morgan fingerprint density at radius 2 is 1.79 bits per heavy atom. The molecular formula is C19H29N3O5S. The third-order valence-corrected chi connectivity index (χ3v) is 7.71. The fraction of sp³-hybridized carbons (Fsp3) is 0.684. The number of nitro benzene ring substituents is 1. The number of nitrogens with one attached hydrogen (secondary N) is 1. The van der Waals surface area contributed by atoms with Crippen LogP contribution in [0.1, 0.15) is 51.4 Å². The number of hydrogen-bond acceptors (Lipinski definition) is 6. The van der Waals surface area contributed by atoms with Crippen LogP contribution >= 0.6 is 0 Å². The lowest BCUT2D eigenvalue weighted by molar-refractivity contribution is -0.384. The van der Waals surface area contributed by atoms with E-state index < -0.39 is 21.1 Å². The summed E-state index contributed by atoms with van der Waals surface area (Å²) >= 11 is 0. The van der Waals surface area contributed by atoms with Crippen LogP contribution in [-0.2, 0) is 10.0 Å². The number of nitro groups is 1. The maximum absolute atomic E-state index is 12.9. The number of sulfonamides is 1. The fourth-order valence-corrected chi connectivity index (χ4v) is 5.66. The van der Waals surface area contributed by atoms with Gasteiger partial charge in [0.15, 0.2) is 0 Å². The van der Waals surface area contributed by atoms with Crippen LogP contribution in [0.2, 0.25) is 0 Å². The van der Waals surface area contributed by atoms with Gasteiger partial charge in [-0.3, -0.25) is 10.1 Å². The lowest BCUT2D eigenvalue weighted by atomic mass is 10.0. The maximum atomic E-state index is 12.9. The Kier molecular flexibility index (Phi) is 6.90. The lowest BCUT2D eigenvalue weighted by Crippen LogP contribution is -2.32. The van der Waals surface area contributed by atoms with Crippen LogP contribution in [0.5, 0.6) is 0 Å². The average Bonchev–Trinajstić information content (AvgIpc) is 3.07. The standard InChI is InChI=1S/C19H29N3O5S/c23-19(15-7-3-4-8-15)14-20-17-10-9-16(13-18(17)22(24)25)28(26,27)21-11-5-1-2-6-12-21/h9-10,13,15,19-20,23H,1-8,11-12,14H2. The molecule has 1 atom stereocenters. The molecule has 3 rings (SSSR count). The topological polar surface area (TPSA) is 113 Å². The van der Waals surface area contributed by atoms with Crippen molar-refractivity contribution in [3.63, 3.8) is 0 Å². The van der Waals surface area contributed by atoms with Gasteiger partial charge in [-0.15, -0.1) is 0 Å². The van der Waals surface area contributed by atoms with Gasteiger partial charge >= 0.3 is 0 Å². The third-order valence-electron chi connectivity index (χ3n) is 5.81. The maximum Gasteiger partial charge on any atom is 0.293 e. The van der Waals surface area contributed by atoms with Crippen LogP contribution in [0.3, 0.4) is 0 Å². The highest BCUT2D eigenvalue weighted by Crippen LogP contribution is 2.31. The van der Waals surface area contributed by atoms with E-state index in [4.69, 9.17) is 0 Å². The summed E-state index contributed by atoms with van der Waals surface area (Å²) in [4.78, 5) is 10.9. The Labute approximate surface area is 166 Å². The van der Waals surface area contributed by atoms with Gasteiger partial charge in [0.1, 0.15) is 5.69 Å². The number of rotatable bonds is 7. The van der Waals surface area contributed by atoms with Gasteiger partial charge in [-0.2, -0.15) is 4.31 Å². The van der Waals surface area contributed by atoms with Gasteiger partial charge < -0.3 is 10.4 Å². The van der Waals surface area contributed by atoms with E-state index in [0.717, 1.165) is 57.4 Å². The zero-order valence-electron chi connectivity index (χ0n) is 16.0. The molecule has 0 aromatic heterocycles. The van der Waals surface area contributed by atoms with Crippen molar-refractivity contribution < 1.29 is 18.4 Å². The van der Waals surface area contributed by atoms with E-state index in [2.05, 4.69) is 5.32 Å². The Morgan fingerprint density at radius 3 is 2.39 bits per heavy atom. The molecule has 2 N–H and O–H groups in total. The SMILES string of the molecule is O=[N+]([O-])c1cc(S(=O)(=O)N2CCCCCC2)ccc1NCC(O)C1CCCC1. The van der Waals surface area contributed by atoms with Crippen LogP contribution in [0.25, 0.3) is 0 Å². The summed E-state index contributed by atoms with van der Waals surface area (Å²) in [6.45, 7) is 1.11. The molecule has 0 amide bonds. The largest absolute Gasteiger partial charge is 0.391 e. The van der Waals surface area contributed by atoms with Gasteiger partial charge in [0.25, 0.3) is 5.69 Å². The monoisotopic (exact) mass is 411 g/mol. The quantitative estimate of drug-likeness (QED) is 0.526. The second-order valence-electron chi connectivity index (χ2n) is 7.75. The van der Waals surface area contributed by atoms with Crippen molar-refractivity contribution in [1.29, 1.82) is 0 Å². The summed E-state index contributed by atoms with van der Waals surface area (Å²) in [6.07, 6.45) is 7.19. The van der Waals surface area contributed by atoms with E-state index >= 15 is 0 Å². The first kappa shape index (κ1) is 21.0. The normalized spacial score (nSPS) is 20.6. The number of anilines is 1. The summed E-state index contributed by atoms with van der Waals surface area (Å²) in [5.41, 5.74) is -0.0496. The predicted octanol–water partition coefficient (Wildman–Crippen LogP) is 3.12. The van der Waals surface area contributed by atoms with E-state index in [1.165, 1.54) is 16.4 Å². The van der Waals surface area contributed by atoms with Crippen LogP contribution in [0.4, 0.5) is 11.4 Å². The second kappa shape index (κ2) is 9.19. The van der Waals surface area contributed by atoms with Crippen molar-refractivity contribution in [2.75, 3.05) is 25.0 Å². The second-order valence-corrected chi connectivity index (χ2v) is 9.69. The van der Waals surface area contributed by atoms with Crippen LogP contribution in [0, 0.1) is 16.0 Å². The Balaban J connectivity index is 1.77. The lowest BCUT2D eigenvalue weighted by Gasteiger charge is -2.21. The Bertz CT molecular complexity index is 785. The van der Waals surface area contributed by atoms with E-state index in [0.29, 0.717) is 13.1 Å². The highest BCUT2D eigenvalue weighted by Gasteiger charge is 2.29. The summed E-state index contributed by atoms with van der Waals surface area (Å²) in [5, 5.41) is 24.8. The van der Waals surface area contributed by atoms with Gasteiger partial charge in [0, 0.05) is 25.7 Å². The molecule has 2 aliphatic rings. The molecule has 1 aliphatic carbocycles. The van der Waals surface area contributed by atoms with Crippen molar-refractivity contribution in [2.24, 2.45) is 5.92 Å². The van der Waals surface area contributed by atoms with E-state index in [9.17, 15) is 23.6 Å². The van der Waals surface area contributed by atoms with Crippen LogP contribution in [0.15, 0.2) is 23.1 Å². The smallest absolute Gasteiger partial charge is 0.293 e. The van der Waals surface area contributed by atoms with Gasteiger partial charge in [-0.05, 0) is 43.7 Å². The minimum atomic E-state index is -3.75. The fourth-order valence-electron chi connectivity index (χ4n) is 4.13. The molecule has 1 saturated heterocycles. The summed E-state index contributed by atoms with van der Waals surface area (Å²) in [5.74, 6) is 0.217. The molecule has 1 aromatic rings. The van der Waals surface area contributed by atoms with Crippen molar-refractivity contribution in [3.05, 3.63) is 28.3 Å². The summed E-state index contributed by atoms with van der Waals surface area (Å²) in [7, 11) is -3.75. The van der Waals surface area contributed by atoms with Gasteiger partial charge in [0.2, 0.25) is 10.0 Å². The molecule has 1 heterocycles. The predicted molar refractivity (Wildman–Crippen MR) is 107 cm³/mol. The molecule has 28 heavy (non-hydrogen) atoms. The van der Waals surface area contributed by atoms with Gasteiger partial charge in [0.05, 0.1) is 15.9 Å². The minimum Gasteiger partial charge on any atom is -0.391 e. The summed E-state index contributed by atoms with van der Waals surface area (Å²) < 4.78 is 27.2. The van der Waals surface area contributed by atoms with E-state index in [1.54, 1.807) is 0 Å². The van der Waals surface area contributed by atoms with Crippen molar-refractivity contribution >= 4 is 21.4 Å². The van der Waals surface area contributed by atoms with Crippen molar-refractivity contribution in [2.45, 2.75) is 62.4 Å². The first-order valence-electron chi connectivity index (χ1n) is 10.1. The Morgan fingerprint density at radius 1 is 1.14 bits per heavy atom. The molecule has 0 radical (unpaired) electrons. The van der Waals surface area contributed by atoms with Crippen LogP contribution in [-0.4, -0.2) is 48.5 Å². The summed E-state index contributed by atoms with van der Waals surface area (Å²) in [6, 6.07) is 3.98. The van der Waals surface area contributed by atoms with Gasteiger partial charge in [-0.25, -0.2) is 8.42 Å². The number of aliphatic hydroxyl groups excluding tert-OH is 1. The van der Waals surface area contributed by atoms with Crippen LogP contribution < -0.4 is 5.32 Å². The molecular weight excluding hydrogens is 382 g/mol. The molecule has 1 saturated carbocycles. The molecule has 1 unspecified atom stereocenters. The highest BCUT2D eigenvalue weighted by molar-refractivity contribution is 7.89. The number of benzene rings is 1. The molecule has 1 aromatic carbocycles. The molecule has 0 bridgehead atoms. The zero-order chi connectivity index (χ0) is 20.1. The van der Waals surface area contributed by atoms with Crippen molar-refractivity contribution in [3.8, 4) is 0 Å². The Hall–Kier alpha value is -1.71.